The Labute approximate surface area is 177 Å². The lowest BCUT2D eigenvalue weighted by molar-refractivity contribution is -0.142. The second kappa shape index (κ2) is 11.2. The predicted molar refractivity (Wildman–Crippen MR) is 113 cm³/mol. The van der Waals surface area contributed by atoms with Crippen molar-refractivity contribution in [1.29, 1.82) is 0 Å². The van der Waals surface area contributed by atoms with E-state index in [2.05, 4.69) is 5.32 Å². The minimum Gasteiger partial charge on any atom is -0.493 e. The van der Waals surface area contributed by atoms with Gasteiger partial charge in [-0.15, -0.1) is 0 Å². The predicted octanol–water partition coefficient (Wildman–Crippen LogP) is 3.55. The summed E-state index contributed by atoms with van der Waals surface area (Å²) in [5, 5.41) is 2.90. The summed E-state index contributed by atoms with van der Waals surface area (Å²) in [5.74, 6) is -0.0300. The molecule has 0 radical (unpaired) electrons. The van der Waals surface area contributed by atoms with Crippen LogP contribution in [0.15, 0.2) is 48.5 Å². The van der Waals surface area contributed by atoms with E-state index in [4.69, 9.17) is 9.47 Å². The van der Waals surface area contributed by atoms with Crippen molar-refractivity contribution in [2.45, 2.75) is 45.8 Å². The molecule has 30 heavy (non-hydrogen) atoms. The number of hydrogen-bond acceptors (Lipinski definition) is 4. The molecule has 2 aromatic carbocycles. The summed E-state index contributed by atoms with van der Waals surface area (Å²) >= 11 is 0. The van der Waals surface area contributed by atoms with Gasteiger partial charge in [0.1, 0.15) is 11.9 Å². The van der Waals surface area contributed by atoms with Crippen molar-refractivity contribution in [1.82, 2.24) is 10.2 Å². The summed E-state index contributed by atoms with van der Waals surface area (Å²) in [7, 11) is 1.52. The van der Waals surface area contributed by atoms with Crippen LogP contribution in [-0.2, 0) is 16.1 Å². The molecule has 162 valence electrons. The van der Waals surface area contributed by atoms with Crippen molar-refractivity contribution in [3.8, 4) is 11.5 Å². The lowest BCUT2D eigenvalue weighted by Gasteiger charge is -2.29. The molecular weight excluding hydrogens is 387 g/mol. The SMILES string of the molecule is CC[C@@H](C)NC(=O)[C@@H](C)N(Cc1ccc(F)cc1)C(=O)COc1ccccc1OC. The highest BCUT2D eigenvalue weighted by molar-refractivity contribution is 5.88. The van der Waals surface area contributed by atoms with E-state index in [1.165, 1.54) is 24.1 Å². The van der Waals surface area contributed by atoms with Crippen LogP contribution in [0.25, 0.3) is 0 Å². The van der Waals surface area contributed by atoms with Gasteiger partial charge in [-0.3, -0.25) is 9.59 Å². The maximum absolute atomic E-state index is 13.3. The van der Waals surface area contributed by atoms with E-state index in [1.807, 2.05) is 13.8 Å². The summed E-state index contributed by atoms with van der Waals surface area (Å²) < 4.78 is 24.1. The Hall–Kier alpha value is -3.09. The van der Waals surface area contributed by atoms with Gasteiger partial charge in [0.15, 0.2) is 18.1 Å². The highest BCUT2D eigenvalue weighted by atomic mass is 19.1. The molecule has 2 amide bonds. The number of hydrogen-bond donors (Lipinski definition) is 1. The first kappa shape index (κ1) is 23.2. The lowest BCUT2D eigenvalue weighted by atomic mass is 10.1. The smallest absolute Gasteiger partial charge is 0.261 e. The Morgan fingerprint density at radius 1 is 1.07 bits per heavy atom. The number of amides is 2. The topological polar surface area (TPSA) is 67.9 Å². The standard InChI is InChI=1S/C23H29FN2O4/c1-5-16(2)25-23(28)17(3)26(14-18-10-12-19(24)13-11-18)22(27)15-30-21-9-7-6-8-20(21)29-4/h6-13,16-17H,5,14-15H2,1-4H3,(H,25,28)/t16-,17-/m1/s1. The van der Waals surface area contributed by atoms with Gasteiger partial charge in [-0.05, 0) is 50.1 Å². The second-order valence-electron chi connectivity index (χ2n) is 7.08. The molecular formula is C23H29FN2O4. The van der Waals surface area contributed by atoms with E-state index in [0.29, 0.717) is 17.1 Å². The fourth-order valence-corrected chi connectivity index (χ4v) is 2.80. The fourth-order valence-electron chi connectivity index (χ4n) is 2.80. The van der Waals surface area contributed by atoms with Gasteiger partial charge in [-0.25, -0.2) is 4.39 Å². The molecule has 0 saturated heterocycles. The Bertz CT molecular complexity index is 841. The number of benzene rings is 2. The molecule has 2 aromatic rings. The third-order valence-electron chi connectivity index (χ3n) is 4.85. The molecule has 0 unspecified atom stereocenters. The van der Waals surface area contributed by atoms with Crippen LogP contribution in [0.5, 0.6) is 11.5 Å². The van der Waals surface area contributed by atoms with Gasteiger partial charge in [0.25, 0.3) is 5.91 Å². The van der Waals surface area contributed by atoms with E-state index >= 15 is 0 Å². The second-order valence-corrected chi connectivity index (χ2v) is 7.08. The van der Waals surface area contributed by atoms with Crippen LogP contribution in [0.1, 0.15) is 32.8 Å². The van der Waals surface area contributed by atoms with Crippen LogP contribution >= 0.6 is 0 Å². The Morgan fingerprint density at radius 2 is 1.70 bits per heavy atom. The molecule has 0 aliphatic heterocycles. The molecule has 2 atom stereocenters. The first-order valence-corrected chi connectivity index (χ1v) is 9.95. The largest absolute Gasteiger partial charge is 0.493 e. The Kier molecular flexibility index (Phi) is 8.65. The fraction of sp³-hybridized carbons (Fsp3) is 0.391. The van der Waals surface area contributed by atoms with Crippen molar-refractivity contribution in [2.24, 2.45) is 0 Å². The van der Waals surface area contributed by atoms with Gasteiger partial charge < -0.3 is 19.7 Å². The summed E-state index contributed by atoms with van der Waals surface area (Å²) in [6.07, 6.45) is 0.779. The number of carbonyl (C=O) groups excluding carboxylic acids is 2. The number of nitrogens with zero attached hydrogens (tertiary/aromatic N) is 1. The first-order valence-electron chi connectivity index (χ1n) is 9.95. The van der Waals surface area contributed by atoms with Crippen molar-refractivity contribution < 1.29 is 23.5 Å². The van der Waals surface area contributed by atoms with Crippen molar-refractivity contribution >= 4 is 11.8 Å². The molecule has 6 nitrogen and oxygen atoms in total. The van der Waals surface area contributed by atoms with E-state index in [0.717, 1.165) is 6.42 Å². The number of nitrogens with one attached hydrogen (secondary N) is 1. The average molecular weight is 416 g/mol. The monoisotopic (exact) mass is 416 g/mol. The molecule has 0 saturated carbocycles. The molecule has 0 aromatic heterocycles. The number of ether oxygens (including phenoxy) is 2. The molecule has 0 aliphatic rings. The third-order valence-corrected chi connectivity index (χ3v) is 4.85. The van der Waals surface area contributed by atoms with Gasteiger partial charge in [0.2, 0.25) is 5.91 Å². The molecule has 0 spiro atoms. The van der Waals surface area contributed by atoms with E-state index in [-0.39, 0.29) is 36.8 Å². The molecule has 7 heteroatoms. The number of halogens is 1. The summed E-state index contributed by atoms with van der Waals surface area (Å²) in [4.78, 5) is 27.1. The van der Waals surface area contributed by atoms with Gasteiger partial charge in [-0.2, -0.15) is 0 Å². The van der Waals surface area contributed by atoms with Crippen LogP contribution < -0.4 is 14.8 Å². The van der Waals surface area contributed by atoms with Gasteiger partial charge in [0, 0.05) is 12.6 Å². The van der Waals surface area contributed by atoms with Gasteiger partial charge >= 0.3 is 0 Å². The molecule has 0 bridgehead atoms. The molecule has 2 rings (SSSR count). The average Bonchev–Trinajstić information content (AvgIpc) is 2.76. The van der Waals surface area contributed by atoms with Crippen LogP contribution in [0.2, 0.25) is 0 Å². The molecule has 1 N–H and O–H groups in total. The molecule has 0 fully saturated rings. The Balaban J connectivity index is 2.17. The quantitative estimate of drug-likeness (QED) is 0.643. The van der Waals surface area contributed by atoms with Crippen molar-refractivity contribution in [3.05, 3.63) is 59.9 Å². The zero-order valence-corrected chi connectivity index (χ0v) is 17.9. The van der Waals surface area contributed by atoms with E-state index in [1.54, 1.807) is 43.3 Å². The number of carbonyl (C=O) groups is 2. The minimum atomic E-state index is -0.724. The maximum atomic E-state index is 13.3. The van der Waals surface area contributed by atoms with Crippen LogP contribution in [0, 0.1) is 5.82 Å². The van der Waals surface area contributed by atoms with Crippen molar-refractivity contribution in [3.63, 3.8) is 0 Å². The van der Waals surface area contributed by atoms with Crippen LogP contribution in [0.4, 0.5) is 4.39 Å². The van der Waals surface area contributed by atoms with Crippen molar-refractivity contribution in [2.75, 3.05) is 13.7 Å². The zero-order chi connectivity index (χ0) is 22.1. The number of para-hydroxylation sites is 2. The number of rotatable bonds is 10. The highest BCUT2D eigenvalue weighted by Crippen LogP contribution is 2.25. The third kappa shape index (κ3) is 6.47. The maximum Gasteiger partial charge on any atom is 0.261 e. The van der Waals surface area contributed by atoms with Gasteiger partial charge in [0.05, 0.1) is 7.11 Å². The highest BCUT2D eigenvalue weighted by Gasteiger charge is 2.27. The van der Waals surface area contributed by atoms with Crippen LogP contribution in [0.3, 0.4) is 0 Å². The summed E-state index contributed by atoms with van der Waals surface area (Å²) in [5.41, 5.74) is 0.713. The summed E-state index contributed by atoms with van der Waals surface area (Å²) in [6.45, 7) is 5.44. The van der Waals surface area contributed by atoms with Crippen LogP contribution in [-0.4, -0.2) is 42.5 Å². The zero-order valence-electron chi connectivity index (χ0n) is 17.9. The van der Waals surface area contributed by atoms with Gasteiger partial charge in [-0.1, -0.05) is 31.2 Å². The van der Waals surface area contributed by atoms with E-state index in [9.17, 15) is 14.0 Å². The first-order chi connectivity index (χ1) is 14.3. The van der Waals surface area contributed by atoms with E-state index < -0.39 is 6.04 Å². The minimum absolute atomic E-state index is 0.00690. The molecule has 0 aliphatic carbocycles. The summed E-state index contributed by atoms with van der Waals surface area (Å²) in [6, 6.07) is 12.1. The Morgan fingerprint density at radius 3 is 2.30 bits per heavy atom. The molecule has 0 heterocycles. The number of methoxy groups -OCH3 is 1. The lowest BCUT2D eigenvalue weighted by Crippen LogP contribution is -2.50. The normalized spacial score (nSPS) is 12.6.